The monoisotopic (exact) mass is 399 g/mol. The molecule has 0 spiro atoms. The molecule has 1 aliphatic carbocycles. The highest BCUT2D eigenvalue weighted by Gasteiger charge is 2.24. The molecule has 3 aromatic rings. The van der Waals surface area contributed by atoms with Gasteiger partial charge < -0.3 is 4.98 Å². The minimum atomic E-state index is -0.0122. The number of hydrogen-bond acceptors (Lipinski definition) is 5. The zero-order chi connectivity index (χ0) is 19.0. The molecule has 0 aliphatic heterocycles. The average Bonchev–Trinajstić information content (AvgIpc) is 3.29. The fourth-order valence-electron chi connectivity index (χ4n) is 3.52. The van der Waals surface area contributed by atoms with Gasteiger partial charge in [0.15, 0.2) is 10.9 Å². The standard InChI is InChI=1S/C20H21N3O2S2/c1-3-9-23-19(25)17-13-7-6-12(2)10-16(13)27-18(17)22-20(23)26-11-15(24)14-5-4-8-21-14/h3-5,8,12,21H,1,6-7,9-11H2,2H3. The Labute approximate surface area is 165 Å². The number of fused-ring (bicyclic) bond motifs is 3. The molecule has 1 unspecified atom stereocenters. The van der Waals surface area contributed by atoms with Crippen LogP contribution in [0.5, 0.6) is 0 Å². The fraction of sp³-hybridized carbons (Fsp3) is 0.350. The predicted molar refractivity (Wildman–Crippen MR) is 111 cm³/mol. The number of nitrogens with one attached hydrogen (secondary N) is 1. The summed E-state index contributed by atoms with van der Waals surface area (Å²) in [6.45, 7) is 6.42. The van der Waals surface area contributed by atoms with E-state index in [4.69, 9.17) is 4.98 Å². The Hall–Kier alpha value is -2.12. The van der Waals surface area contributed by atoms with Crippen LogP contribution >= 0.6 is 23.1 Å². The van der Waals surface area contributed by atoms with Gasteiger partial charge in [-0.2, -0.15) is 0 Å². The Kier molecular flexibility index (Phi) is 5.06. The van der Waals surface area contributed by atoms with E-state index in [1.807, 2.05) is 0 Å². The van der Waals surface area contributed by atoms with Crippen molar-refractivity contribution in [1.29, 1.82) is 0 Å². The molecule has 0 fully saturated rings. The molecule has 0 aromatic carbocycles. The van der Waals surface area contributed by atoms with Gasteiger partial charge >= 0.3 is 0 Å². The van der Waals surface area contributed by atoms with E-state index in [9.17, 15) is 9.59 Å². The molecule has 3 aromatic heterocycles. The highest BCUT2D eigenvalue weighted by atomic mass is 32.2. The predicted octanol–water partition coefficient (Wildman–Crippen LogP) is 4.07. The number of carbonyl (C=O) groups is 1. The molecule has 140 valence electrons. The maximum atomic E-state index is 13.2. The molecule has 5 nitrogen and oxygen atoms in total. The molecule has 1 aliphatic rings. The number of thioether (sulfide) groups is 1. The molecule has 0 bridgehead atoms. The largest absolute Gasteiger partial charge is 0.359 e. The van der Waals surface area contributed by atoms with Crippen molar-refractivity contribution in [2.45, 2.75) is 37.9 Å². The summed E-state index contributed by atoms with van der Waals surface area (Å²) >= 11 is 2.95. The quantitative estimate of drug-likeness (QED) is 0.294. The molecule has 0 saturated carbocycles. The zero-order valence-electron chi connectivity index (χ0n) is 15.2. The number of thiophene rings is 1. The van der Waals surface area contributed by atoms with Crippen molar-refractivity contribution in [3.63, 3.8) is 0 Å². The third kappa shape index (κ3) is 3.41. The van der Waals surface area contributed by atoms with Gasteiger partial charge in [-0.05, 0) is 42.9 Å². The minimum absolute atomic E-state index is 0.0104. The van der Waals surface area contributed by atoms with Crippen molar-refractivity contribution in [2.75, 3.05) is 5.75 Å². The zero-order valence-corrected chi connectivity index (χ0v) is 16.8. The first-order chi connectivity index (χ1) is 13.1. The average molecular weight is 400 g/mol. The molecule has 1 atom stereocenters. The first kappa shape index (κ1) is 18.3. The van der Waals surface area contributed by atoms with E-state index in [-0.39, 0.29) is 17.1 Å². The van der Waals surface area contributed by atoms with Crippen LogP contribution in [0.4, 0.5) is 0 Å². The number of H-pyrrole nitrogens is 1. The Balaban J connectivity index is 1.73. The van der Waals surface area contributed by atoms with Crippen LogP contribution in [0.3, 0.4) is 0 Å². The fourth-order valence-corrected chi connectivity index (χ4v) is 5.83. The van der Waals surface area contributed by atoms with E-state index >= 15 is 0 Å². The summed E-state index contributed by atoms with van der Waals surface area (Å²) in [5.41, 5.74) is 1.74. The van der Waals surface area contributed by atoms with Crippen molar-refractivity contribution in [1.82, 2.24) is 14.5 Å². The second-order valence-corrected chi connectivity index (χ2v) is 8.95. The number of hydrogen-bond donors (Lipinski definition) is 1. The van der Waals surface area contributed by atoms with Crippen LogP contribution < -0.4 is 5.56 Å². The van der Waals surface area contributed by atoms with E-state index in [0.29, 0.717) is 23.3 Å². The van der Waals surface area contributed by atoms with Crippen molar-refractivity contribution in [3.05, 3.63) is 57.5 Å². The van der Waals surface area contributed by atoms with Crippen molar-refractivity contribution < 1.29 is 4.79 Å². The lowest BCUT2D eigenvalue weighted by Crippen LogP contribution is -2.24. The number of ketones is 1. The first-order valence-corrected chi connectivity index (χ1v) is 10.8. The summed E-state index contributed by atoms with van der Waals surface area (Å²) in [5, 5.41) is 1.35. The minimum Gasteiger partial charge on any atom is -0.359 e. The van der Waals surface area contributed by atoms with Gasteiger partial charge in [0.1, 0.15) is 4.83 Å². The molecular weight excluding hydrogens is 378 g/mol. The van der Waals surface area contributed by atoms with Gasteiger partial charge in [-0.25, -0.2) is 4.98 Å². The number of carbonyl (C=O) groups excluding carboxylic acids is 1. The Bertz CT molecular complexity index is 1060. The van der Waals surface area contributed by atoms with Gasteiger partial charge in [-0.1, -0.05) is 24.8 Å². The van der Waals surface area contributed by atoms with E-state index < -0.39 is 0 Å². The van der Waals surface area contributed by atoms with Gasteiger partial charge in [-0.15, -0.1) is 17.9 Å². The highest BCUT2D eigenvalue weighted by molar-refractivity contribution is 7.99. The van der Waals surface area contributed by atoms with E-state index in [2.05, 4.69) is 18.5 Å². The van der Waals surface area contributed by atoms with Gasteiger partial charge in [0.2, 0.25) is 0 Å². The summed E-state index contributed by atoms with van der Waals surface area (Å²) < 4.78 is 1.65. The van der Waals surface area contributed by atoms with Gasteiger partial charge in [-0.3, -0.25) is 14.2 Å². The highest BCUT2D eigenvalue weighted by Crippen LogP contribution is 2.36. The van der Waals surface area contributed by atoms with Crippen LogP contribution in [-0.2, 0) is 19.4 Å². The lowest BCUT2D eigenvalue weighted by atomic mass is 9.89. The number of aryl methyl sites for hydroxylation is 1. The molecule has 4 rings (SSSR count). The Morgan fingerprint density at radius 2 is 2.41 bits per heavy atom. The van der Waals surface area contributed by atoms with Crippen LogP contribution in [0.15, 0.2) is 40.9 Å². The van der Waals surface area contributed by atoms with Crippen LogP contribution in [0.2, 0.25) is 0 Å². The van der Waals surface area contributed by atoms with Crippen LogP contribution in [0.1, 0.15) is 34.3 Å². The molecule has 3 heterocycles. The van der Waals surface area contributed by atoms with Gasteiger partial charge in [0, 0.05) is 17.6 Å². The van der Waals surface area contributed by atoms with Crippen LogP contribution in [-0.4, -0.2) is 26.1 Å². The maximum Gasteiger partial charge on any atom is 0.263 e. The summed E-state index contributed by atoms with van der Waals surface area (Å²) in [5.74, 6) is 0.870. The topological polar surface area (TPSA) is 67.8 Å². The Morgan fingerprint density at radius 3 is 3.15 bits per heavy atom. The SMILES string of the molecule is C=CCn1c(SCC(=O)c2ccc[nH]2)nc2sc3c(c2c1=O)CCC(C)C3. The van der Waals surface area contributed by atoms with Crippen molar-refractivity contribution >= 4 is 39.1 Å². The Morgan fingerprint density at radius 1 is 1.56 bits per heavy atom. The lowest BCUT2D eigenvalue weighted by Gasteiger charge is -2.17. The molecule has 1 N–H and O–H groups in total. The van der Waals surface area contributed by atoms with Crippen molar-refractivity contribution in [3.8, 4) is 0 Å². The van der Waals surface area contributed by atoms with Crippen LogP contribution in [0.25, 0.3) is 10.2 Å². The van der Waals surface area contributed by atoms with Crippen LogP contribution in [0, 0.1) is 5.92 Å². The molecule has 27 heavy (non-hydrogen) atoms. The second-order valence-electron chi connectivity index (χ2n) is 6.93. The molecule has 7 heteroatoms. The number of Topliss-reactive ketones (excluding diaryl/α,β-unsaturated/α-hetero) is 1. The van der Waals surface area contributed by atoms with E-state index in [1.54, 1.807) is 40.3 Å². The van der Waals surface area contributed by atoms with Crippen molar-refractivity contribution in [2.24, 2.45) is 5.92 Å². The summed E-state index contributed by atoms with van der Waals surface area (Å²) in [4.78, 5) is 35.3. The lowest BCUT2D eigenvalue weighted by molar-refractivity contribution is 0.101. The molecule has 0 saturated heterocycles. The summed E-state index contributed by atoms with van der Waals surface area (Å²) in [6, 6.07) is 3.55. The smallest absolute Gasteiger partial charge is 0.263 e. The van der Waals surface area contributed by atoms with E-state index in [0.717, 1.165) is 29.5 Å². The summed E-state index contributed by atoms with van der Waals surface area (Å²) in [6.07, 6.45) is 6.50. The van der Waals surface area contributed by atoms with Gasteiger partial charge in [0.05, 0.1) is 16.8 Å². The maximum absolute atomic E-state index is 13.2. The molecule has 0 amide bonds. The number of aromatic nitrogens is 3. The first-order valence-electron chi connectivity index (χ1n) is 9.03. The third-order valence-electron chi connectivity index (χ3n) is 4.92. The van der Waals surface area contributed by atoms with E-state index in [1.165, 1.54) is 22.2 Å². The second kappa shape index (κ2) is 7.48. The molecular formula is C20H21N3O2S2. The summed E-state index contributed by atoms with van der Waals surface area (Å²) in [7, 11) is 0. The number of rotatable bonds is 6. The number of aromatic amines is 1. The number of nitrogens with zero attached hydrogens (tertiary/aromatic N) is 2. The normalized spacial score (nSPS) is 16.4. The number of allylic oxidation sites excluding steroid dienone is 1. The third-order valence-corrected chi connectivity index (χ3v) is 7.05. The van der Waals surface area contributed by atoms with Gasteiger partial charge in [0.25, 0.3) is 5.56 Å². The molecule has 0 radical (unpaired) electrons.